The zero-order valence-electron chi connectivity index (χ0n) is 9.76. The van der Waals surface area contributed by atoms with Crippen LogP contribution in [0.4, 0.5) is 0 Å². The Hall–Kier alpha value is -0.570. The van der Waals surface area contributed by atoms with Crippen LogP contribution in [0.15, 0.2) is 0 Å². The number of amides is 1. The summed E-state index contributed by atoms with van der Waals surface area (Å²) in [6, 6.07) is 0. The van der Waals surface area contributed by atoms with Gasteiger partial charge in [-0.15, -0.1) is 0 Å². The summed E-state index contributed by atoms with van der Waals surface area (Å²) in [6.45, 7) is 8.66. The minimum absolute atomic E-state index is 0.0839. The first-order chi connectivity index (χ1) is 6.31. The third-order valence-electron chi connectivity index (χ3n) is 1.99. The normalized spacial score (nSPS) is 13.8. The average molecular weight is 201 g/mol. The van der Waals surface area contributed by atoms with Crippen LogP contribution in [0.25, 0.3) is 0 Å². The van der Waals surface area contributed by atoms with Crippen LogP contribution in [-0.2, 0) is 4.79 Å². The van der Waals surface area contributed by atoms with Crippen molar-refractivity contribution in [3.63, 3.8) is 0 Å². The van der Waals surface area contributed by atoms with E-state index in [2.05, 4.69) is 26.1 Å². The molecule has 0 aliphatic rings. The van der Waals surface area contributed by atoms with Crippen LogP contribution in [0, 0.1) is 5.41 Å². The maximum Gasteiger partial charge on any atom is 0.220 e. The molecule has 2 N–H and O–H groups in total. The first-order valence-electron chi connectivity index (χ1n) is 5.26. The Kier molecular flexibility index (Phi) is 5.77. The predicted octanol–water partition coefficient (Wildman–Crippen LogP) is 1.70. The Morgan fingerprint density at radius 1 is 1.43 bits per heavy atom. The van der Waals surface area contributed by atoms with Gasteiger partial charge in [0, 0.05) is 13.0 Å². The van der Waals surface area contributed by atoms with Gasteiger partial charge in [0.05, 0.1) is 6.10 Å². The second kappa shape index (κ2) is 6.02. The molecular formula is C11H23NO2. The monoisotopic (exact) mass is 201 g/mol. The van der Waals surface area contributed by atoms with Gasteiger partial charge in [0.1, 0.15) is 0 Å². The largest absolute Gasteiger partial charge is 0.393 e. The van der Waals surface area contributed by atoms with E-state index in [0.29, 0.717) is 19.4 Å². The minimum Gasteiger partial charge on any atom is -0.393 e. The zero-order chi connectivity index (χ0) is 11.2. The summed E-state index contributed by atoms with van der Waals surface area (Å²) < 4.78 is 0. The Labute approximate surface area is 86.9 Å². The Morgan fingerprint density at radius 3 is 2.43 bits per heavy atom. The van der Waals surface area contributed by atoms with Crippen molar-refractivity contribution in [2.24, 2.45) is 5.41 Å². The second-order valence-electron chi connectivity index (χ2n) is 5.05. The highest BCUT2D eigenvalue weighted by Crippen LogP contribution is 2.20. The molecule has 0 aromatic carbocycles. The number of aliphatic hydroxyl groups is 1. The van der Waals surface area contributed by atoms with Crippen LogP contribution in [0.1, 0.15) is 47.0 Å². The van der Waals surface area contributed by atoms with Gasteiger partial charge in [-0.25, -0.2) is 0 Å². The topological polar surface area (TPSA) is 49.3 Å². The molecule has 0 rings (SSSR count). The molecular weight excluding hydrogens is 178 g/mol. The van der Waals surface area contributed by atoms with E-state index in [1.54, 1.807) is 6.92 Å². The van der Waals surface area contributed by atoms with E-state index in [1.165, 1.54) is 0 Å². The van der Waals surface area contributed by atoms with E-state index >= 15 is 0 Å². The second-order valence-corrected chi connectivity index (χ2v) is 5.05. The molecule has 0 radical (unpaired) electrons. The van der Waals surface area contributed by atoms with Crippen molar-refractivity contribution in [1.82, 2.24) is 5.32 Å². The molecule has 3 nitrogen and oxygen atoms in total. The minimum atomic E-state index is -0.335. The molecule has 0 spiro atoms. The van der Waals surface area contributed by atoms with Gasteiger partial charge in [0.2, 0.25) is 5.91 Å². The van der Waals surface area contributed by atoms with Gasteiger partial charge >= 0.3 is 0 Å². The molecule has 0 heterocycles. The van der Waals surface area contributed by atoms with Gasteiger partial charge in [-0.05, 0) is 25.2 Å². The molecule has 0 fully saturated rings. The lowest BCUT2D eigenvalue weighted by Gasteiger charge is -2.17. The Morgan fingerprint density at radius 2 is 2.00 bits per heavy atom. The third kappa shape index (κ3) is 9.52. The number of hydrogen-bond acceptors (Lipinski definition) is 2. The Bertz CT molecular complexity index is 171. The summed E-state index contributed by atoms with van der Waals surface area (Å²) in [5.41, 5.74) is 0.210. The quantitative estimate of drug-likeness (QED) is 0.711. The highest BCUT2D eigenvalue weighted by atomic mass is 16.3. The van der Waals surface area contributed by atoms with Gasteiger partial charge in [0.25, 0.3) is 0 Å². The van der Waals surface area contributed by atoms with Gasteiger partial charge in [-0.1, -0.05) is 20.8 Å². The van der Waals surface area contributed by atoms with Crippen molar-refractivity contribution in [1.29, 1.82) is 0 Å². The molecule has 0 saturated carbocycles. The maximum absolute atomic E-state index is 11.3. The van der Waals surface area contributed by atoms with Gasteiger partial charge < -0.3 is 10.4 Å². The lowest BCUT2D eigenvalue weighted by atomic mass is 9.90. The number of rotatable bonds is 5. The summed E-state index contributed by atoms with van der Waals surface area (Å²) >= 11 is 0. The predicted molar refractivity (Wildman–Crippen MR) is 58.0 cm³/mol. The number of aliphatic hydroxyl groups excluding tert-OH is 1. The van der Waals surface area contributed by atoms with E-state index in [4.69, 9.17) is 5.11 Å². The van der Waals surface area contributed by atoms with Crippen molar-refractivity contribution >= 4 is 5.91 Å². The van der Waals surface area contributed by atoms with Gasteiger partial charge in [-0.2, -0.15) is 0 Å². The summed E-state index contributed by atoms with van der Waals surface area (Å²) in [5, 5.41) is 11.8. The summed E-state index contributed by atoms with van der Waals surface area (Å²) in [6.07, 6.45) is 1.76. The van der Waals surface area contributed by atoms with Crippen LogP contribution in [0.3, 0.4) is 0 Å². The van der Waals surface area contributed by atoms with E-state index in [-0.39, 0.29) is 17.4 Å². The molecule has 1 amide bonds. The highest BCUT2D eigenvalue weighted by molar-refractivity contribution is 5.75. The smallest absolute Gasteiger partial charge is 0.220 e. The van der Waals surface area contributed by atoms with Crippen molar-refractivity contribution in [2.75, 3.05) is 6.54 Å². The molecule has 14 heavy (non-hydrogen) atoms. The summed E-state index contributed by atoms with van der Waals surface area (Å²) in [4.78, 5) is 11.3. The van der Waals surface area contributed by atoms with Crippen LogP contribution in [0.5, 0.6) is 0 Å². The van der Waals surface area contributed by atoms with E-state index in [9.17, 15) is 4.79 Å². The first kappa shape index (κ1) is 13.4. The molecule has 0 aromatic heterocycles. The third-order valence-corrected chi connectivity index (χ3v) is 1.99. The maximum atomic E-state index is 11.3. The van der Waals surface area contributed by atoms with Crippen LogP contribution in [0.2, 0.25) is 0 Å². The molecule has 1 atom stereocenters. The van der Waals surface area contributed by atoms with Gasteiger partial charge in [-0.3, -0.25) is 4.79 Å². The average Bonchev–Trinajstić information content (AvgIpc) is 1.99. The molecule has 0 bridgehead atoms. The highest BCUT2D eigenvalue weighted by Gasteiger charge is 2.12. The number of nitrogens with one attached hydrogen (secondary N) is 1. The molecule has 0 aromatic rings. The van der Waals surface area contributed by atoms with Crippen LogP contribution < -0.4 is 5.32 Å². The number of carbonyl (C=O) groups excluding carboxylic acids is 1. The SMILES string of the molecule is CC(O)CCNC(=O)CCC(C)(C)C. The number of hydrogen-bond donors (Lipinski definition) is 2. The van der Waals surface area contributed by atoms with Gasteiger partial charge in [0.15, 0.2) is 0 Å². The Balaban J connectivity index is 3.47. The first-order valence-corrected chi connectivity index (χ1v) is 5.26. The summed E-state index contributed by atoms with van der Waals surface area (Å²) in [5.74, 6) is 0.0839. The number of carbonyl (C=O) groups is 1. The molecule has 0 aliphatic carbocycles. The summed E-state index contributed by atoms with van der Waals surface area (Å²) in [7, 11) is 0. The lowest BCUT2D eigenvalue weighted by Crippen LogP contribution is -2.27. The van der Waals surface area contributed by atoms with Crippen LogP contribution in [-0.4, -0.2) is 23.7 Å². The zero-order valence-corrected chi connectivity index (χ0v) is 9.76. The fraction of sp³-hybridized carbons (Fsp3) is 0.909. The lowest BCUT2D eigenvalue weighted by molar-refractivity contribution is -0.121. The van der Waals surface area contributed by atoms with Crippen molar-refractivity contribution in [3.05, 3.63) is 0 Å². The standard InChI is InChI=1S/C11H23NO2/c1-9(13)6-8-12-10(14)5-7-11(2,3)4/h9,13H,5-8H2,1-4H3,(H,12,14). The fourth-order valence-electron chi connectivity index (χ4n) is 0.997. The van der Waals surface area contributed by atoms with Crippen molar-refractivity contribution < 1.29 is 9.90 Å². The van der Waals surface area contributed by atoms with Crippen molar-refractivity contribution in [3.8, 4) is 0 Å². The molecule has 1 unspecified atom stereocenters. The molecule has 3 heteroatoms. The molecule has 0 saturated heterocycles. The van der Waals surface area contributed by atoms with E-state index in [0.717, 1.165) is 6.42 Å². The van der Waals surface area contributed by atoms with E-state index in [1.807, 2.05) is 0 Å². The van der Waals surface area contributed by atoms with Crippen molar-refractivity contribution in [2.45, 2.75) is 53.1 Å². The molecule has 0 aliphatic heterocycles. The van der Waals surface area contributed by atoms with E-state index < -0.39 is 0 Å². The fourth-order valence-corrected chi connectivity index (χ4v) is 0.997. The van der Waals surface area contributed by atoms with Crippen LogP contribution >= 0.6 is 0 Å². The molecule has 84 valence electrons.